The number of hydrogen-bond donors (Lipinski definition) is 12. The van der Waals surface area contributed by atoms with E-state index in [0.717, 1.165) is 17.7 Å². The van der Waals surface area contributed by atoms with Crippen LogP contribution in [-0.4, -0.2) is 170 Å². The van der Waals surface area contributed by atoms with Crippen molar-refractivity contribution in [3.05, 3.63) is 23.8 Å². The van der Waals surface area contributed by atoms with Crippen LogP contribution in [0.1, 0.15) is 79.2 Å². The molecule has 0 spiro atoms. The van der Waals surface area contributed by atoms with E-state index < -0.39 is 176 Å². The minimum Gasteiger partial charge on any atom is -0.610 e. The number of primary amides is 1. The molecular weight excluding hydrogens is 949 g/mol. The Labute approximate surface area is 413 Å². The van der Waals surface area contributed by atoms with Gasteiger partial charge in [0.05, 0.1) is 50.4 Å². The summed E-state index contributed by atoms with van der Waals surface area (Å²) < 4.78 is 21.1. The minimum atomic E-state index is -2.36. The molecule has 392 valence electrons. The number of nitrogens with one attached hydrogen (secondary N) is 8. The summed E-state index contributed by atoms with van der Waals surface area (Å²) >= 11 is -2.36. The van der Waals surface area contributed by atoms with Gasteiger partial charge >= 0.3 is 0 Å². The van der Waals surface area contributed by atoms with Crippen molar-refractivity contribution < 1.29 is 67.8 Å². The molecule has 11 unspecified atom stereocenters. The summed E-state index contributed by atoms with van der Waals surface area (Å²) in [6.45, 7) is 8.33. The number of fused-ring (bicyclic) bond motifs is 5. The van der Waals surface area contributed by atoms with Gasteiger partial charge in [-0.1, -0.05) is 54.4 Å². The van der Waals surface area contributed by atoms with Crippen LogP contribution in [0.15, 0.2) is 23.2 Å². The highest BCUT2D eigenvalue weighted by atomic mass is 32.2. The number of H-pyrrole nitrogens is 1. The standard InChI is InChI=1S/C46H68N10O14S/c1-7-11-46(5,6)21-70-25-9-10-26-27-14-29-39(63)48-17-36(62)54-37(22(3)8-2)42(66)49-16-35(61)50-31(20-71(69)44(27)53-28(26)13-25)40(64)52-30(15-34(47)60)45(68)56-18-24(58)12-32(56)41(65)55-38(43(67)51-29)23(4)33(59)19-57/h9-10,13,22-24,29-33,37-38,53,57-59H,7-8,11-12,14-21H2,1-6H3,(H2,47,60)(H,48,63)(H,49,66)(H,50,61)(H,51,67)(H,52,64)(H,54,62)(H,55,65). The van der Waals surface area contributed by atoms with E-state index >= 15 is 0 Å². The first kappa shape index (κ1) is 55.9. The predicted molar refractivity (Wildman–Crippen MR) is 255 cm³/mol. The van der Waals surface area contributed by atoms with E-state index in [1.165, 1.54) is 6.92 Å². The smallest absolute Gasteiger partial charge is 0.248 e. The fraction of sp³-hybridized carbons (Fsp3) is 0.630. The van der Waals surface area contributed by atoms with Crippen LogP contribution in [-0.2, 0) is 60.7 Å². The second-order valence-corrected chi connectivity index (χ2v) is 20.8. The van der Waals surface area contributed by atoms with Crippen molar-refractivity contribution in [3.63, 3.8) is 0 Å². The molecule has 0 radical (unpaired) electrons. The number of aromatic amines is 1. The molecule has 2 bridgehead atoms. The summed E-state index contributed by atoms with van der Waals surface area (Å²) in [7, 11) is 0. The SMILES string of the molecule is CCCC(C)(C)COc1ccc2c3c([nH]c2c1)[S+]([O-])CC1NC(=O)CNC(=O)C(C(C)CC)NC(=O)CNC(=O)C(C3)NC(=O)C(C(C)C(O)CO)NC(=O)C2CC(O)CN2C(=O)C(CC(N)=O)NC1=O. The topological polar surface area (TPSA) is 376 Å². The van der Waals surface area contributed by atoms with Gasteiger partial charge in [-0.2, -0.15) is 0 Å². The molecule has 1 aromatic carbocycles. The van der Waals surface area contributed by atoms with Crippen molar-refractivity contribution in [1.29, 1.82) is 0 Å². The van der Waals surface area contributed by atoms with Gasteiger partial charge in [-0.05, 0) is 29.9 Å². The summed E-state index contributed by atoms with van der Waals surface area (Å²) in [6, 6.07) is -4.99. The van der Waals surface area contributed by atoms with Gasteiger partial charge in [-0.3, -0.25) is 43.2 Å². The number of hydrogen-bond acceptors (Lipinski definition) is 14. The quantitative estimate of drug-likeness (QED) is 0.0922. The molecule has 1 saturated heterocycles. The lowest BCUT2D eigenvalue weighted by atomic mass is 9.89. The summed E-state index contributed by atoms with van der Waals surface area (Å²) in [5.74, 6) is -11.2. The Bertz CT molecular complexity index is 2330. The summed E-state index contributed by atoms with van der Waals surface area (Å²) in [4.78, 5) is 129. The monoisotopic (exact) mass is 1020 g/mol. The van der Waals surface area contributed by atoms with Crippen LogP contribution in [0.3, 0.4) is 0 Å². The Morgan fingerprint density at radius 2 is 1.58 bits per heavy atom. The largest absolute Gasteiger partial charge is 0.610 e. The molecule has 9 amide bonds. The number of carbonyl (C=O) groups is 9. The first-order valence-corrected chi connectivity index (χ1v) is 25.1. The number of aromatic nitrogens is 1. The zero-order valence-electron chi connectivity index (χ0n) is 40.8. The van der Waals surface area contributed by atoms with Gasteiger partial charge in [0.15, 0.2) is 6.04 Å². The maximum absolute atomic E-state index is 14.9. The molecule has 24 nitrogen and oxygen atoms in total. The van der Waals surface area contributed by atoms with Crippen LogP contribution in [0, 0.1) is 17.3 Å². The van der Waals surface area contributed by atoms with Gasteiger partial charge in [0.1, 0.15) is 41.7 Å². The minimum absolute atomic E-state index is 0.0974. The molecule has 25 heteroatoms. The Morgan fingerprint density at radius 3 is 2.23 bits per heavy atom. The molecule has 3 aliphatic heterocycles. The molecule has 11 atom stereocenters. The van der Waals surface area contributed by atoms with E-state index in [-0.39, 0.29) is 16.0 Å². The highest BCUT2D eigenvalue weighted by Gasteiger charge is 2.45. The molecule has 4 heterocycles. The maximum Gasteiger partial charge on any atom is 0.248 e. The first-order valence-electron chi connectivity index (χ1n) is 23.7. The highest BCUT2D eigenvalue weighted by molar-refractivity contribution is 7.91. The lowest BCUT2D eigenvalue weighted by molar-refractivity contribution is -0.144. The maximum atomic E-state index is 14.9. The lowest BCUT2D eigenvalue weighted by Crippen LogP contribution is -2.62. The molecule has 3 aliphatic rings. The third-order valence-corrected chi connectivity index (χ3v) is 14.5. The van der Waals surface area contributed by atoms with Crippen LogP contribution in [0.2, 0.25) is 0 Å². The Morgan fingerprint density at radius 1 is 0.901 bits per heavy atom. The van der Waals surface area contributed by atoms with Crippen molar-refractivity contribution in [3.8, 4) is 5.75 Å². The van der Waals surface area contributed by atoms with E-state index in [9.17, 15) is 63.0 Å². The average Bonchev–Trinajstić information content (AvgIpc) is 3.90. The number of nitrogens with zero attached hydrogens (tertiary/aromatic N) is 1. The summed E-state index contributed by atoms with van der Waals surface area (Å²) in [5.41, 5.74) is 5.82. The van der Waals surface area contributed by atoms with E-state index in [0.29, 0.717) is 29.7 Å². The third kappa shape index (κ3) is 14.3. The van der Waals surface area contributed by atoms with Gasteiger partial charge < -0.3 is 77.4 Å². The Hall–Kier alpha value is -6.02. The second-order valence-electron chi connectivity index (χ2n) is 19.3. The normalized spacial score (nSPS) is 27.1. The fourth-order valence-corrected chi connectivity index (χ4v) is 10.2. The van der Waals surface area contributed by atoms with Crippen molar-refractivity contribution in [2.75, 3.05) is 38.6 Å². The van der Waals surface area contributed by atoms with Gasteiger partial charge in [-0.25, -0.2) is 0 Å². The zero-order chi connectivity index (χ0) is 52.5. The van der Waals surface area contributed by atoms with Gasteiger partial charge in [0, 0.05) is 53.5 Å². The number of ether oxygens (including phenoxy) is 1. The van der Waals surface area contributed by atoms with Crippen molar-refractivity contribution in [2.45, 2.75) is 134 Å². The highest BCUT2D eigenvalue weighted by Crippen LogP contribution is 2.33. The predicted octanol–water partition coefficient (Wildman–Crippen LogP) is -3.42. The van der Waals surface area contributed by atoms with Crippen LogP contribution in [0.25, 0.3) is 10.9 Å². The molecule has 0 saturated carbocycles. The van der Waals surface area contributed by atoms with Crippen molar-refractivity contribution >= 4 is 75.2 Å². The zero-order valence-corrected chi connectivity index (χ0v) is 41.6. The summed E-state index contributed by atoms with van der Waals surface area (Å²) in [5, 5.41) is 49.3. The number of aliphatic hydroxyl groups is 3. The van der Waals surface area contributed by atoms with E-state index in [1.807, 2.05) is 13.8 Å². The van der Waals surface area contributed by atoms with E-state index in [1.54, 1.807) is 32.0 Å². The molecule has 2 aromatic rings. The van der Waals surface area contributed by atoms with E-state index in [4.69, 9.17) is 10.5 Å². The number of rotatable bonds is 12. The summed E-state index contributed by atoms with van der Waals surface area (Å²) in [6.07, 6.45) is -2.58. The van der Waals surface area contributed by atoms with Crippen LogP contribution in [0.5, 0.6) is 5.75 Å². The van der Waals surface area contributed by atoms with Crippen molar-refractivity contribution in [2.24, 2.45) is 23.0 Å². The van der Waals surface area contributed by atoms with Crippen LogP contribution in [0.4, 0.5) is 0 Å². The Balaban J connectivity index is 1.75. The van der Waals surface area contributed by atoms with Crippen LogP contribution >= 0.6 is 0 Å². The molecule has 1 fully saturated rings. The van der Waals surface area contributed by atoms with Gasteiger partial charge in [-0.15, -0.1) is 0 Å². The third-order valence-electron chi connectivity index (χ3n) is 13.1. The number of carbonyl (C=O) groups excluding carboxylic acids is 9. The number of amides is 9. The van der Waals surface area contributed by atoms with Crippen molar-refractivity contribution in [1.82, 2.24) is 47.1 Å². The Kier molecular flexibility index (Phi) is 19.2. The van der Waals surface area contributed by atoms with Crippen LogP contribution < -0.4 is 47.7 Å². The molecule has 5 rings (SSSR count). The number of benzene rings is 1. The molecule has 71 heavy (non-hydrogen) atoms. The molecule has 13 N–H and O–H groups in total. The van der Waals surface area contributed by atoms with Gasteiger partial charge in [0.25, 0.3) is 0 Å². The van der Waals surface area contributed by atoms with E-state index in [2.05, 4.69) is 49.1 Å². The van der Waals surface area contributed by atoms with Gasteiger partial charge in [0.2, 0.25) is 58.2 Å². The second kappa shape index (κ2) is 24.4. The average molecular weight is 1020 g/mol. The molecular formula is C46H68N10O14S. The lowest BCUT2D eigenvalue weighted by Gasteiger charge is -2.32. The molecule has 1 aromatic heterocycles. The molecule has 0 aliphatic carbocycles. The fourth-order valence-electron chi connectivity index (χ4n) is 8.81. The first-order chi connectivity index (χ1) is 33.5. The number of nitrogens with two attached hydrogens (primary N) is 1. The number of aliphatic hydroxyl groups excluding tert-OH is 3.